The van der Waals surface area contributed by atoms with E-state index in [-0.39, 0.29) is 17.3 Å². The average molecular weight is 356 g/mol. The highest BCUT2D eigenvalue weighted by Gasteiger charge is 2.22. The molecule has 0 unspecified atom stereocenters. The van der Waals surface area contributed by atoms with E-state index < -0.39 is 10.0 Å². The Kier molecular flexibility index (Phi) is 6.73. The van der Waals surface area contributed by atoms with Crippen LogP contribution in [-0.4, -0.2) is 67.2 Å². The Hall–Kier alpha value is -1.48. The minimum absolute atomic E-state index is 0.0286. The molecule has 1 fully saturated rings. The van der Waals surface area contributed by atoms with Crippen LogP contribution in [0, 0.1) is 6.92 Å². The van der Waals surface area contributed by atoms with Gasteiger partial charge in [0.2, 0.25) is 10.0 Å². The van der Waals surface area contributed by atoms with Crippen LogP contribution in [0.15, 0.2) is 29.2 Å². The van der Waals surface area contributed by atoms with E-state index in [1.165, 1.54) is 9.80 Å². The highest BCUT2D eigenvalue weighted by Crippen LogP contribution is 2.09. The van der Waals surface area contributed by atoms with Gasteiger partial charge in [-0.15, -0.1) is 0 Å². The Morgan fingerprint density at radius 2 is 1.71 bits per heavy atom. The molecule has 0 atom stereocenters. The molecule has 1 aliphatic heterocycles. The van der Waals surface area contributed by atoms with Gasteiger partial charge in [-0.3, -0.25) is 4.79 Å². The van der Waals surface area contributed by atoms with Gasteiger partial charge in [0, 0.05) is 13.1 Å². The molecule has 1 aliphatic rings. The molecule has 7 nitrogen and oxygen atoms in total. The fourth-order valence-corrected chi connectivity index (χ4v) is 3.72. The third-order valence-electron chi connectivity index (χ3n) is 4.29. The van der Waals surface area contributed by atoms with E-state index in [2.05, 4.69) is 17.1 Å². The highest BCUT2D eigenvalue weighted by molar-refractivity contribution is 7.89. The zero-order valence-corrected chi connectivity index (χ0v) is 15.2. The molecular weight excluding hydrogens is 328 g/mol. The molecule has 2 rings (SSSR count). The van der Waals surface area contributed by atoms with E-state index in [0.717, 1.165) is 31.7 Å². The highest BCUT2D eigenvalue weighted by atomic mass is 32.2. The Balaban J connectivity index is 1.68. The Morgan fingerprint density at radius 3 is 2.33 bits per heavy atom. The van der Waals surface area contributed by atoms with E-state index in [0.29, 0.717) is 13.1 Å². The number of hydrogen-bond donors (Lipinski definition) is 4. The van der Waals surface area contributed by atoms with Crippen molar-refractivity contribution in [2.45, 2.75) is 11.8 Å². The van der Waals surface area contributed by atoms with Crippen molar-refractivity contribution in [1.29, 1.82) is 0 Å². The summed E-state index contributed by atoms with van der Waals surface area (Å²) in [6, 6.07) is 6.68. The molecular formula is C16H28N4O3S+2. The first-order chi connectivity index (χ1) is 11.4. The fourth-order valence-electron chi connectivity index (χ4n) is 2.68. The second-order valence-electron chi connectivity index (χ2n) is 6.44. The van der Waals surface area contributed by atoms with Crippen LogP contribution in [0.2, 0.25) is 0 Å². The van der Waals surface area contributed by atoms with Crippen molar-refractivity contribution < 1.29 is 23.0 Å². The van der Waals surface area contributed by atoms with Gasteiger partial charge in [-0.05, 0) is 19.1 Å². The van der Waals surface area contributed by atoms with Gasteiger partial charge in [-0.2, -0.15) is 0 Å². The van der Waals surface area contributed by atoms with Crippen molar-refractivity contribution in [3.05, 3.63) is 29.8 Å². The van der Waals surface area contributed by atoms with Crippen molar-refractivity contribution in [1.82, 2.24) is 10.0 Å². The van der Waals surface area contributed by atoms with E-state index in [9.17, 15) is 13.2 Å². The zero-order valence-electron chi connectivity index (χ0n) is 14.4. The fraction of sp³-hybridized carbons (Fsp3) is 0.562. The molecule has 24 heavy (non-hydrogen) atoms. The van der Waals surface area contributed by atoms with Crippen LogP contribution in [0.25, 0.3) is 0 Å². The molecule has 8 heteroatoms. The maximum atomic E-state index is 12.1. The maximum Gasteiger partial charge on any atom is 0.275 e. The number of quaternary nitrogens is 2. The molecule has 0 radical (unpaired) electrons. The Morgan fingerprint density at radius 1 is 1.08 bits per heavy atom. The quantitative estimate of drug-likeness (QED) is 0.389. The monoisotopic (exact) mass is 356 g/mol. The average Bonchev–Trinajstić information content (AvgIpc) is 2.54. The molecule has 134 valence electrons. The standard InChI is InChI=1S/C16H26N4O3S/c1-14-3-5-15(6-4-14)24(22,23)18-8-7-17-16(21)13-20-11-9-19(2)10-12-20/h3-6,18H,7-13H2,1-2H3,(H,17,21)/p+2. The summed E-state index contributed by atoms with van der Waals surface area (Å²) in [5, 5.41) is 2.78. The number of amides is 1. The predicted molar refractivity (Wildman–Crippen MR) is 91.6 cm³/mol. The van der Waals surface area contributed by atoms with E-state index in [1.54, 1.807) is 24.3 Å². The molecule has 1 saturated heterocycles. The Labute approximate surface area is 144 Å². The second kappa shape index (κ2) is 8.57. The molecule has 1 aromatic rings. The predicted octanol–water partition coefficient (Wildman–Crippen LogP) is -3.20. The Bertz CT molecular complexity index is 638. The van der Waals surface area contributed by atoms with Crippen molar-refractivity contribution in [2.24, 2.45) is 0 Å². The lowest BCUT2D eigenvalue weighted by atomic mass is 10.2. The van der Waals surface area contributed by atoms with Crippen LogP contribution in [0.4, 0.5) is 0 Å². The number of carbonyl (C=O) groups excluding carboxylic acids is 1. The number of carbonyl (C=O) groups is 1. The van der Waals surface area contributed by atoms with Crippen molar-refractivity contribution >= 4 is 15.9 Å². The van der Waals surface area contributed by atoms with Crippen LogP contribution in [0.3, 0.4) is 0 Å². The van der Waals surface area contributed by atoms with Crippen LogP contribution < -0.4 is 19.8 Å². The lowest BCUT2D eigenvalue weighted by Crippen LogP contribution is -3.27. The molecule has 0 saturated carbocycles. The number of piperazine rings is 1. The summed E-state index contributed by atoms with van der Waals surface area (Å²) in [5.41, 5.74) is 1.01. The van der Waals surface area contributed by atoms with Crippen molar-refractivity contribution in [3.63, 3.8) is 0 Å². The second-order valence-corrected chi connectivity index (χ2v) is 8.21. The summed E-state index contributed by atoms with van der Waals surface area (Å²) in [6.45, 7) is 7.00. The van der Waals surface area contributed by atoms with E-state index in [4.69, 9.17) is 0 Å². The molecule has 1 amide bonds. The first-order valence-corrected chi connectivity index (χ1v) is 9.83. The summed E-state index contributed by atoms with van der Waals surface area (Å²) in [6.07, 6.45) is 0. The van der Waals surface area contributed by atoms with Crippen LogP contribution in [-0.2, 0) is 14.8 Å². The molecule has 4 N–H and O–H groups in total. The summed E-state index contributed by atoms with van der Waals surface area (Å²) in [4.78, 5) is 14.9. The zero-order chi connectivity index (χ0) is 17.6. The molecule has 0 aromatic heterocycles. The van der Waals surface area contributed by atoms with Crippen molar-refractivity contribution in [3.8, 4) is 0 Å². The summed E-state index contributed by atoms with van der Waals surface area (Å²) in [7, 11) is -1.35. The number of hydrogen-bond acceptors (Lipinski definition) is 3. The summed E-state index contributed by atoms with van der Waals surface area (Å²) in [5.74, 6) is -0.0286. The number of likely N-dealkylation sites (N-methyl/N-ethyl adjacent to an activating group) is 1. The summed E-state index contributed by atoms with van der Waals surface area (Å²) >= 11 is 0. The van der Waals surface area contributed by atoms with Gasteiger partial charge in [-0.25, -0.2) is 13.1 Å². The van der Waals surface area contributed by atoms with Crippen LogP contribution in [0.5, 0.6) is 0 Å². The van der Waals surface area contributed by atoms with Gasteiger partial charge in [0.1, 0.15) is 26.2 Å². The topological polar surface area (TPSA) is 84.2 Å². The maximum absolute atomic E-state index is 12.1. The van der Waals surface area contributed by atoms with Crippen molar-refractivity contribution in [2.75, 3.05) is 52.9 Å². The van der Waals surface area contributed by atoms with Gasteiger partial charge >= 0.3 is 0 Å². The van der Waals surface area contributed by atoms with Gasteiger partial charge in [-0.1, -0.05) is 17.7 Å². The molecule has 1 aromatic carbocycles. The minimum atomic E-state index is -3.52. The number of nitrogens with one attached hydrogen (secondary N) is 4. The molecule has 0 bridgehead atoms. The number of sulfonamides is 1. The third-order valence-corrected chi connectivity index (χ3v) is 5.77. The SMILES string of the molecule is Cc1ccc(S(=O)(=O)NCCNC(=O)C[NH+]2CC[NH+](C)CC2)cc1. The molecule has 0 spiro atoms. The number of aryl methyl sites for hydroxylation is 1. The van der Waals surface area contributed by atoms with Gasteiger partial charge in [0.15, 0.2) is 6.54 Å². The van der Waals surface area contributed by atoms with Gasteiger partial charge in [0.25, 0.3) is 5.91 Å². The lowest BCUT2D eigenvalue weighted by molar-refractivity contribution is -1.000. The smallest absolute Gasteiger partial charge is 0.275 e. The van der Waals surface area contributed by atoms with E-state index >= 15 is 0 Å². The first-order valence-electron chi connectivity index (χ1n) is 8.35. The third kappa shape index (κ3) is 5.86. The molecule has 0 aliphatic carbocycles. The largest absolute Gasteiger partial charge is 0.350 e. The normalized spacial score (nSPS) is 21.4. The van der Waals surface area contributed by atoms with Crippen LogP contribution in [0.1, 0.15) is 5.56 Å². The lowest BCUT2D eigenvalue weighted by Gasteiger charge is -2.26. The van der Waals surface area contributed by atoms with Crippen LogP contribution >= 0.6 is 0 Å². The number of rotatable bonds is 7. The van der Waals surface area contributed by atoms with E-state index in [1.807, 2.05) is 6.92 Å². The minimum Gasteiger partial charge on any atom is -0.350 e. The summed E-state index contributed by atoms with van der Waals surface area (Å²) < 4.78 is 26.7. The molecule has 1 heterocycles. The number of benzene rings is 1. The first kappa shape index (κ1) is 18.9. The van der Waals surface area contributed by atoms with Gasteiger partial charge in [0.05, 0.1) is 11.9 Å². The van der Waals surface area contributed by atoms with Gasteiger partial charge < -0.3 is 15.1 Å².